The molecule has 2 aliphatic rings. The number of aliphatic carboxylic acids is 1. The summed E-state index contributed by atoms with van der Waals surface area (Å²) in [5.74, 6) is -0.862. The number of urea groups is 1. The fourth-order valence-corrected chi connectivity index (χ4v) is 4.51. The van der Waals surface area contributed by atoms with Crippen LogP contribution in [0.2, 0.25) is 0 Å². The van der Waals surface area contributed by atoms with Crippen molar-refractivity contribution in [1.29, 1.82) is 0 Å². The Hall–Kier alpha value is -2.15. The number of amides is 2. The van der Waals surface area contributed by atoms with Crippen LogP contribution in [0.5, 0.6) is 0 Å². The van der Waals surface area contributed by atoms with Crippen molar-refractivity contribution in [3.05, 3.63) is 35.6 Å². The van der Waals surface area contributed by atoms with Crippen LogP contribution in [0.3, 0.4) is 0 Å². The van der Waals surface area contributed by atoms with Crippen molar-refractivity contribution < 1.29 is 19.1 Å². The van der Waals surface area contributed by atoms with Crippen molar-refractivity contribution in [3.63, 3.8) is 0 Å². The third-order valence-corrected chi connectivity index (χ3v) is 6.11. The third kappa shape index (κ3) is 5.01. The number of halogens is 1. The molecular weight excluding hydrogens is 361 g/mol. The van der Waals surface area contributed by atoms with Crippen LogP contribution in [0.25, 0.3) is 0 Å². The van der Waals surface area contributed by atoms with Crippen molar-refractivity contribution in [1.82, 2.24) is 15.5 Å². The molecule has 28 heavy (non-hydrogen) atoms. The zero-order valence-electron chi connectivity index (χ0n) is 16.4. The maximum atomic E-state index is 14.3. The maximum Gasteiger partial charge on any atom is 0.317 e. The molecule has 0 aliphatic heterocycles. The van der Waals surface area contributed by atoms with Gasteiger partial charge in [0.15, 0.2) is 0 Å². The normalized spacial score (nSPS) is 23.2. The molecule has 0 saturated heterocycles. The predicted molar refractivity (Wildman–Crippen MR) is 104 cm³/mol. The summed E-state index contributed by atoms with van der Waals surface area (Å²) >= 11 is 0. The first-order valence-corrected chi connectivity index (χ1v) is 10.2. The summed E-state index contributed by atoms with van der Waals surface area (Å²) in [6, 6.07) is 6.27. The van der Waals surface area contributed by atoms with E-state index in [0.717, 1.165) is 38.5 Å². The van der Waals surface area contributed by atoms with Gasteiger partial charge in [0.25, 0.3) is 0 Å². The zero-order chi connectivity index (χ0) is 20.1. The number of hydrogen-bond acceptors (Lipinski definition) is 3. The Morgan fingerprint density at radius 2 is 1.93 bits per heavy atom. The molecule has 2 saturated carbocycles. The summed E-state index contributed by atoms with van der Waals surface area (Å²) in [6.45, 7) is 2.64. The van der Waals surface area contributed by atoms with E-state index in [9.17, 15) is 14.0 Å². The van der Waals surface area contributed by atoms with E-state index < -0.39 is 5.97 Å². The fourth-order valence-electron chi connectivity index (χ4n) is 4.51. The molecule has 154 valence electrons. The lowest BCUT2D eigenvalue weighted by atomic mass is 9.85. The van der Waals surface area contributed by atoms with Gasteiger partial charge in [-0.25, -0.2) is 9.18 Å². The summed E-state index contributed by atoms with van der Waals surface area (Å²) < 4.78 is 14.3. The first kappa shape index (κ1) is 20.6. The molecular formula is C21H30FN3O3. The topological polar surface area (TPSA) is 81.7 Å². The Morgan fingerprint density at radius 3 is 2.54 bits per heavy atom. The Balaban J connectivity index is 1.55. The zero-order valence-corrected chi connectivity index (χ0v) is 16.4. The van der Waals surface area contributed by atoms with Crippen LogP contribution in [-0.2, 0) is 4.79 Å². The molecule has 0 bridgehead atoms. The first-order chi connectivity index (χ1) is 13.5. The average molecular weight is 391 g/mol. The van der Waals surface area contributed by atoms with Gasteiger partial charge in [-0.3, -0.25) is 9.69 Å². The number of carboxylic acids is 1. The molecule has 1 aromatic rings. The molecule has 0 aromatic heterocycles. The molecule has 3 rings (SSSR count). The summed E-state index contributed by atoms with van der Waals surface area (Å²) in [5.41, 5.74) is 0.551. The Bertz CT molecular complexity index is 687. The summed E-state index contributed by atoms with van der Waals surface area (Å²) in [6.07, 6.45) is 5.68. The minimum absolute atomic E-state index is 0.0249. The molecule has 1 aromatic carbocycles. The van der Waals surface area contributed by atoms with E-state index in [2.05, 4.69) is 10.6 Å². The number of carbonyl (C=O) groups excluding carboxylic acids is 1. The summed E-state index contributed by atoms with van der Waals surface area (Å²) in [4.78, 5) is 25.4. The second-order valence-corrected chi connectivity index (χ2v) is 7.94. The molecule has 2 amide bonds. The quantitative estimate of drug-likeness (QED) is 0.635. The molecule has 2 fully saturated rings. The van der Waals surface area contributed by atoms with Gasteiger partial charge in [0.2, 0.25) is 0 Å². The van der Waals surface area contributed by atoms with Gasteiger partial charge in [-0.15, -0.1) is 0 Å². The Morgan fingerprint density at radius 1 is 1.25 bits per heavy atom. The molecule has 0 heterocycles. The molecule has 1 atom stereocenters. The average Bonchev–Trinajstić information content (AvgIpc) is 3.15. The number of benzene rings is 1. The molecule has 6 nitrogen and oxygen atoms in total. The van der Waals surface area contributed by atoms with Crippen LogP contribution >= 0.6 is 0 Å². The van der Waals surface area contributed by atoms with E-state index >= 15 is 0 Å². The van der Waals surface area contributed by atoms with Crippen LogP contribution in [-0.4, -0.2) is 47.2 Å². The number of nitrogens with one attached hydrogen (secondary N) is 2. The van der Waals surface area contributed by atoms with E-state index in [1.165, 1.54) is 6.07 Å². The number of likely N-dealkylation sites (N-methyl/N-ethyl adjacent to an activating group) is 1. The van der Waals surface area contributed by atoms with E-state index in [4.69, 9.17) is 5.11 Å². The number of carbonyl (C=O) groups is 2. The molecule has 0 spiro atoms. The Kier molecular flexibility index (Phi) is 6.88. The van der Waals surface area contributed by atoms with Gasteiger partial charge in [-0.05, 0) is 44.2 Å². The minimum Gasteiger partial charge on any atom is -0.480 e. The molecule has 7 heteroatoms. The van der Waals surface area contributed by atoms with Gasteiger partial charge in [0.05, 0.1) is 12.6 Å². The predicted octanol–water partition coefficient (Wildman–Crippen LogP) is 3.29. The number of carboxylic acid groups (broad SMARTS) is 1. The van der Waals surface area contributed by atoms with Crippen molar-refractivity contribution >= 4 is 12.0 Å². The van der Waals surface area contributed by atoms with Gasteiger partial charge >= 0.3 is 12.0 Å². The number of rotatable bonds is 8. The number of hydrogen-bond donors (Lipinski definition) is 3. The minimum atomic E-state index is -0.833. The lowest BCUT2D eigenvalue weighted by Crippen LogP contribution is -2.56. The van der Waals surface area contributed by atoms with E-state index in [0.29, 0.717) is 12.1 Å². The van der Waals surface area contributed by atoms with Gasteiger partial charge < -0.3 is 15.7 Å². The summed E-state index contributed by atoms with van der Waals surface area (Å²) in [5, 5.41) is 15.0. The van der Waals surface area contributed by atoms with E-state index in [1.54, 1.807) is 18.2 Å². The standard InChI is InChI=1S/C21H30FN3O3/c1-2-25(13-19(26)27)16-11-15(12-16)23-21(28)24-20(14-7-3-4-8-14)17-9-5-6-10-18(17)22/h5-6,9-10,14-16,20H,2-4,7-8,11-13H2,1H3,(H,26,27)(H2,23,24,28). The van der Waals surface area contributed by atoms with Crippen molar-refractivity contribution in [2.24, 2.45) is 5.92 Å². The second-order valence-electron chi connectivity index (χ2n) is 7.94. The highest BCUT2D eigenvalue weighted by Gasteiger charge is 2.36. The van der Waals surface area contributed by atoms with Crippen LogP contribution < -0.4 is 10.6 Å². The van der Waals surface area contributed by atoms with Crippen LogP contribution in [0.15, 0.2) is 24.3 Å². The number of nitrogens with zero attached hydrogens (tertiary/aromatic N) is 1. The van der Waals surface area contributed by atoms with Gasteiger partial charge in [0, 0.05) is 17.6 Å². The molecule has 1 unspecified atom stereocenters. The lowest BCUT2D eigenvalue weighted by molar-refractivity contribution is -0.139. The third-order valence-electron chi connectivity index (χ3n) is 6.11. The molecule has 2 aliphatic carbocycles. The largest absolute Gasteiger partial charge is 0.480 e. The van der Waals surface area contributed by atoms with Gasteiger partial charge in [0.1, 0.15) is 5.82 Å². The highest BCUT2D eigenvalue weighted by molar-refractivity contribution is 5.75. The van der Waals surface area contributed by atoms with Crippen LogP contribution in [0.4, 0.5) is 9.18 Å². The Labute approximate surface area is 165 Å². The van der Waals surface area contributed by atoms with E-state index in [-0.39, 0.29) is 42.4 Å². The van der Waals surface area contributed by atoms with Crippen LogP contribution in [0, 0.1) is 11.7 Å². The SMILES string of the molecule is CCN(CC(=O)O)C1CC(NC(=O)NC(c2ccccc2F)C2CCCC2)C1. The first-order valence-electron chi connectivity index (χ1n) is 10.2. The fraction of sp³-hybridized carbons (Fsp3) is 0.619. The van der Waals surface area contributed by atoms with Crippen LogP contribution in [0.1, 0.15) is 57.1 Å². The molecule has 3 N–H and O–H groups in total. The smallest absolute Gasteiger partial charge is 0.317 e. The van der Waals surface area contributed by atoms with Crippen molar-refractivity contribution in [2.75, 3.05) is 13.1 Å². The second kappa shape index (κ2) is 9.37. The van der Waals surface area contributed by atoms with E-state index in [1.807, 2.05) is 11.8 Å². The van der Waals surface area contributed by atoms with Crippen molar-refractivity contribution in [3.8, 4) is 0 Å². The summed E-state index contributed by atoms with van der Waals surface area (Å²) in [7, 11) is 0. The van der Waals surface area contributed by atoms with Gasteiger partial charge in [-0.1, -0.05) is 38.0 Å². The lowest BCUT2D eigenvalue weighted by Gasteiger charge is -2.42. The van der Waals surface area contributed by atoms with Crippen molar-refractivity contribution in [2.45, 2.75) is 63.6 Å². The highest BCUT2D eigenvalue weighted by Crippen LogP contribution is 2.36. The maximum absolute atomic E-state index is 14.3. The highest BCUT2D eigenvalue weighted by atomic mass is 19.1. The molecule has 0 radical (unpaired) electrons. The van der Waals surface area contributed by atoms with Gasteiger partial charge in [-0.2, -0.15) is 0 Å². The monoisotopic (exact) mass is 391 g/mol.